The van der Waals surface area contributed by atoms with Crippen molar-refractivity contribution in [2.75, 3.05) is 17.7 Å². The monoisotopic (exact) mass is 589 g/mol. The summed E-state index contributed by atoms with van der Waals surface area (Å²) in [5, 5.41) is 14.2. The number of carbonyl (C=O) groups excluding carboxylic acids is 2. The third-order valence-electron chi connectivity index (χ3n) is 5.39. The van der Waals surface area contributed by atoms with Gasteiger partial charge in [0.25, 0.3) is 5.91 Å². The first-order valence-corrected chi connectivity index (χ1v) is 13.2. The van der Waals surface area contributed by atoms with Crippen molar-refractivity contribution in [1.29, 1.82) is 0 Å². The summed E-state index contributed by atoms with van der Waals surface area (Å²) >= 11 is 6.84. The lowest BCUT2D eigenvalue weighted by atomic mass is 10.2. The second kappa shape index (κ2) is 12.9. The van der Waals surface area contributed by atoms with Crippen molar-refractivity contribution in [2.24, 2.45) is 0 Å². The summed E-state index contributed by atoms with van der Waals surface area (Å²) in [5.74, 6) is -0.287. The average molecular weight is 590 g/mol. The topological polar surface area (TPSA) is 98.1 Å². The van der Waals surface area contributed by atoms with Crippen LogP contribution in [0.3, 0.4) is 0 Å². The van der Waals surface area contributed by atoms with E-state index in [1.54, 1.807) is 30.3 Å². The summed E-state index contributed by atoms with van der Waals surface area (Å²) in [7, 11) is 0. The van der Waals surface area contributed by atoms with E-state index in [2.05, 4.69) is 20.8 Å². The standard InChI is InChI=1S/C27H23ClF3N5O3S/c1-17-4-2-6-20(12-17)33-25(38)16-40-26-35-34-23(36(26)21-7-3-5-18(13-21)27(29,30)31)14-32-24(37)15-39-22-10-8-19(28)9-11-22/h2-13H,14-16H2,1H3,(H,32,37)(H,33,38). The summed E-state index contributed by atoms with van der Waals surface area (Å²) in [5.41, 5.74) is 0.857. The van der Waals surface area contributed by atoms with Gasteiger partial charge in [0.15, 0.2) is 17.6 Å². The number of amides is 2. The molecule has 2 N–H and O–H groups in total. The van der Waals surface area contributed by atoms with E-state index < -0.39 is 17.6 Å². The molecule has 40 heavy (non-hydrogen) atoms. The molecule has 0 aliphatic rings. The smallest absolute Gasteiger partial charge is 0.416 e. The number of benzene rings is 3. The van der Waals surface area contributed by atoms with Crippen LogP contribution in [0.4, 0.5) is 18.9 Å². The Hall–Kier alpha value is -4.03. The molecule has 8 nitrogen and oxygen atoms in total. The molecule has 0 fully saturated rings. The maximum Gasteiger partial charge on any atom is 0.416 e. The van der Waals surface area contributed by atoms with Crippen molar-refractivity contribution in [1.82, 2.24) is 20.1 Å². The number of rotatable bonds is 10. The number of alkyl halides is 3. The van der Waals surface area contributed by atoms with Crippen LogP contribution in [0, 0.1) is 6.92 Å². The molecule has 1 aromatic heterocycles. The van der Waals surface area contributed by atoms with Crippen molar-refractivity contribution in [3.05, 3.63) is 94.8 Å². The number of hydrogen-bond acceptors (Lipinski definition) is 6. The van der Waals surface area contributed by atoms with Gasteiger partial charge >= 0.3 is 6.18 Å². The van der Waals surface area contributed by atoms with Gasteiger partial charge in [-0.3, -0.25) is 14.2 Å². The number of ether oxygens (including phenoxy) is 1. The van der Waals surface area contributed by atoms with Crippen LogP contribution in [0.25, 0.3) is 5.69 Å². The number of aromatic nitrogens is 3. The Bertz CT molecular complexity index is 1500. The highest BCUT2D eigenvalue weighted by molar-refractivity contribution is 7.99. The molecule has 3 aromatic carbocycles. The second-order valence-electron chi connectivity index (χ2n) is 8.51. The number of hydrogen-bond donors (Lipinski definition) is 2. The molecule has 1 heterocycles. The number of halogens is 4. The minimum absolute atomic E-state index is 0.0771. The third-order valence-corrected chi connectivity index (χ3v) is 6.57. The van der Waals surface area contributed by atoms with Crippen LogP contribution >= 0.6 is 23.4 Å². The summed E-state index contributed by atoms with van der Waals surface area (Å²) in [6, 6.07) is 18.3. The van der Waals surface area contributed by atoms with Crippen LogP contribution in [0.1, 0.15) is 17.0 Å². The molecule has 0 unspecified atom stereocenters. The van der Waals surface area contributed by atoms with E-state index in [0.717, 1.165) is 29.5 Å². The lowest BCUT2D eigenvalue weighted by molar-refractivity contribution is -0.137. The van der Waals surface area contributed by atoms with Crippen LogP contribution in [0.5, 0.6) is 5.75 Å². The first-order chi connectivity index (χ1) is 19.1. The summed E-state index contributed by atoms with van der Waals surface area (Å²) in [4.78, 5) is 24.9. The molecule has 0 spiro atoms. The van der Waals surface area contributed by atoms with Gasteiger partial charge in [0.2, 0.25) is 5.91 Å². The van der Waals surface area contributed by atoms with Gasteiger partial charge in [-0.25, -0.2) is 0 Å². The van der Waals surface area contributed by atoms with Gasteiger partial charge in [-0.2, -0.15) is 13.2 Å². The molecule has 2 amide bonds. The Kier molecular flexibility index (Phi) is 9.33. The van der Waals surface area contributed by atoms with Crippen molar-refractivity contribution in [2.45, 2.75) is 24.8 Å². The SMILES string of the molecule is Cc1cccc(NC(=O)CSc2nnc(CNC(=O)COc3ccc(Cl)cc3)n2-c2cccc(C(F)(F)F)c2)c1. The minimum atomic E-state index is -4.57. The molecule has 13 heteroatoms. The molecule has 0 aliphatic heterocycles. The summed E-state index contributed by atoms with van der Waals surface area (Å²) < 4.78 is 47.1. The van der Waals surface area contributed by atoms with Crippen molar-refractivity contribution in [3.8, 4) is 11.4 Å². The van der Waals surface area contributed by atoms with Crippen molar-refractivity contribution in [3.63, 3.8) is 0 Å². The highest BCUT2D eigenvalue weighted by atomic mass is 35.5. The average Bonchev–Trinajstić information content (AvgIpc) is 3.33. The number of anilines is 1. The predicted molar refractivity (Wildman–Crippen MR) is 146 cm³/mol. The van der Waals surface area contributed by atoms with E-state index in [9.17, 15) is 22.8 Å². The van der Waals surface area contributed by atoms with E-state index in [0.29, 0.717) is 16.5 Å². The minimum Gasteiger partial charge on any atom is -0.484 e. The molecule has 0 bridgehead atoms. The highest BCUT2D eigenvalue weighted by Gasteiger charge is 2.31. The van der Waals surface area contributed by atoms with E-state index in [4.69, 9.17) is 16.3 Å². The van der Waals surface area contributed by atoms with Gasteiger partial charge in [-0.05, 0) is 67.1 Å². The largest absolute Gasteiger partial charge is 0.484 e. The number of carbonyl (C=O) groups is 2. The molecule has 0 radical (unpaired) electrons. The van der Waals surface area contributed by atoms with E-state index in [1.807, 2.05) is 25.1 Å². The van der Waals surface area contributed by atoms with Crippen molar-refractivity contribution < 1.29 is 27.5 Å². The molecule has 0 aliphatic carbocycles. The van der Waals surface area contributed by atoms with Crippen LogP contribution in [0.2, 0.25) is 5.02 Å². The molecule has 208 valence electrons. The normalized spacial score (nSPS) is 11.2. The van der Waals surface area contributed by atoms with Crippen LogP contribution < -0.4 is 15.4 Å². The Morgan fingerprint density at radius 3 is 2.48 bits per heavy atom. The molecule has 4 aromatic rings. The van der Waals surface area contributed by atoms with Gasteiger partial charge in [0.1, 0.15) is 5.75 Å². The van der Waals surface area contributed by atoms with Crippen LogP contribution in [-0.2, 0) is 22.3 Å². The van der Waals surface area contributed by atoms with E-state index in [-0.39, 0.29) is 41.5 Å². The number of thioether (sulfide) groups is 1. The van der Waals surface area contributed by atoms with Gasteiger partial charge in [0.05, 0.1) is 23.5 Å². The number of aryl methyl sites for hydroxylation is 1. The fourth-order valence-electron chi connectivity index (χ4n) is 3.55. The van der Waals surface area contributed by atoms with Gasteiger partial charge in [-0.15, -0.1) is 10.2 Å². The molecular formula is C27H23ClF3N5O3S. The van der Waals surface area contributed by atoms with Gasteiger partial charge in [-0.1, -0.05) is 41.6 Å². The van der Waals surface area contributed by atoms with Gasteiger partial charge < -0.3 is 15.4 Å². The maximum absolute atomic E-state index is 13.4. The molecular weight excluding hydrogens is 567 g/mol. The zero-order valence-corrected chi connectivity index (χ0v) is 22.6. The first kappa shape index (κ1) is 29.0. The highest BCUT2D eigenvalue weighted by Crippen LogP contribution is 2.31. The zero-order chi connectivity index (χ0) is 28.7. The Morgan fingerprint density at radius 1 is 1.00 bits per heavy atom. The summed E-state index contributed by atoms with van der Waals surface area (Å²) in [6.07, 6.45) is -4.57. The van der Waals surface area contributed by atoms with E-state index >= 15 is 0 Å². The fraction of sp³-hybridized carbons (Fsp3) is 0.185. The number of nitrogens with zero attached hydrogens (tertiary/aromatic N) is 3. The van der Waals surface area contributed by atoms with Crippen LogP contribution in [0.15, 0.2) is 78.0 Å². The van der Waals surface area contributed by atoms with Crippen LogP contribution in [-0.4, -0.2) is 38.9 Å². The molecule has 0 saturated heterocycles. The molecule has 4 rings (SSSR count). The lowest BCUT2D eigenvalue weighted by Gasteiger charge is -2.14. The molecule has 0 atom stereocenters. The third kappa shape index (κ3) is 7.99. The van der Waals surface area contributed by atoms with Crippen molar-refractivity contribution >= 4 is 40.9 Å². The van der Waals surface area contributed by atoms with Gasteiger partial charge in [0, 0.05) is 10.7 Å². The predicted octanol–water partition coefficient (Wildman–Crippen LogP) is 5.67. The second-order valence-corrected chi connectivity index (χ2v) is 9.89. The number of nitrogens with one attached hydrogen (secondary N) is 2. The Balaban J connectivity index is 1.49. The Labute approximate surface area is 236 Å². The maximum atomic E-state index is 13.4. The summed E-state index contributed by atoms with van der Waals surface area (Å²) in [6.45, 7) is 1.44. The lowest BCUT2D eigenvalue weighted by Crippen LogP contribution is -2.29. The Morgan fingerprint density at radius 2 is 1.75 bits per heavy atom. The molecule has 0 saturated carbocycles. The quantitative estimate of drug-likeness (QED) is 0.231. The fourth-order valence-corrected chi connectivity index (χ4v) is 4.44. The van der Waals surface area contributed by atoms with E-state index in [1.165, 1.54) is 16.7 Å². The zero-order valence-electron chi connectivity index (χ0n) is 21.0. The first-order valence-electron chi connectivity index (χ1n) is 11.8.